The predicted molar refractivity (Wildman–Crippen MR) is 114 cm³/mol. The van der Waals surface area contributed by atoms with Crippen LogP contribution in [0.15, 0.2) is 53.1 Å². The number of ether oxygens (including phenoxy) is 1. The molecule has 2 aromatic heterocycles. The van der Waals surface area contributed by atoms with E-state index >= 15 is 0 Å². The molecule has 2 heterocycles. The molecule has 0 aliphatic heterocycles. The summed E-state index contributed by atoms with van der Waals surface area (Å²) < 4.78 is 52.3. The smallest absolute Gasteiger partial charge is 0.340 e. The zero-order valence-electron chi connectivity index (χ0n) is 18.3. The van der Waals surface area contributed by atoms with E-state index in [9.17, 15) is 18.0 Å². The van der Waals surface area contributed by atoms with Crippen molar-refractivity contribution in [3.05, 3.63) is 82.6 Å². The van der Waals surface area contributed by atoms with Gasteiger partial charge in [0, 0.05) is 0 Å². The molecule has 2 aromatic carbocycles. The van der Waals surface area contributed by atoms with Gasteiger partial charge in [0.15, 0.2) is 5.82 Å². The van der Waals surface area contributed by atoms with Gasteiger partial charge in [-0.05, 0) is 55.2 Å². The van der Waals surface area contributed by atoms with E-state index in [2.05, 4.69) is 20.0 Å². The fourth-order valence-corrected chi connectivity index (χ4v) is 4.14. The highest BCUT2D eigenvalue weighted by molar-refractivity contribution is 5.90. The lowest BCUT2D eigenvalue weighted by Gasteiger charge is -2.13. The van der Waals surface area contributed by atoms with Gasteiger partial charge in [-0.3, -0.25) is 0 Å². The predicted octanol–water partition coefficient (Wildman–Crippen LogP) is 5.17. The summed E-state index contributed by atoms with van der Waals surface area (Å²) in [6, 6.07) is 12.6. The Labute approximate surface area is 192 Å². The molecule has 7 nitrogen and oxygen atoms in total. The average molecular weight is 468 g/mol. The molecule has 0 bridgehead atoms. The van der Waals surface area contributed by atoms with Crippen LogP contribution < -0.4 is 0 Å². The van der Waals surface area contributed by atoms with Crippen LogP contribution in [0.1, 0.15) is 52.3 Å². The minimum atomic E-state index is -2.87. The number of halogens is 3. The molecule has 0 amide bonds. The van der Waals surface area contributed by atoms with Crippen molar-refractivity contribution >= 4 is 5.97 Å². The van der Waals surface area contributed by atoms with Crippen LogP contribution in [0.4, 0.5) is 13.2 Å². The number of aryl methyl sites for hydroxylation is 1. The lowest BCUT2D eigenvalue weighted by atomic mass is 9.91. The van der Waals surface area contributed by atoms with Crippen LogP contribution in [0.3, 0.4) is 0 Å². The Kier molecular flexibility index (Phi) is 5.22. The Morgan fingerprint density at radius 3 is 2.62 bits per heavy atom. The topological polar surface area (TPSA) is 83.0 Å². The van der Waals surface area contributed by atoms with Crippen molar-refractivity contribution in [3.8, 4) is 17.3 Å². The molecule has 1 aliphatic carbocycles. The lowest BCUT2D eigenvalue weighted by Crippen LogP contribution is -2.12. The molecule has 0 saturated heterocycles. The molecule has 10 heteroatoms. The van der Waals surface area contributed by atoms with Gasteiger partial charge < -0.3 is 9.26 Å². The van der Waals surface area contributed by atoms with Crippen LogP contribution in [0.5, 0.6) is 0 Å². The molecule has 0 spiro atoms. The molecule has 5 rings (SSSR count). The summed E-state index contributed by atoms with van der Waals surface area (Å²) in [6.45, 7) is 2.01. The van der Waals surface area contributed by atoms with Gasteiger partial charge in [0.1, 0.15) is 17.2 Å². The fourth-order valence-electron chi connectivity index (χ4n) is 4.14. The van der Waals surface area contributed by atoms with Gasteiger partial charge in [-0.2, -0.15) is 10.1 Å². The number of rotatable bonds is 6. The van der Waals surface area contributed by atoms with Crippen molar-refractivity contribution in [1.82, 2.24) is 19.9 Å². The Morgan fingerprint density at radius 1 is 1.18 bits per heavy atom. The van der Waals surface area contributed by atoms with E-state index in [0.29, 0.717) is 5.82 Å². The molecule has 1 aliphatic rings. The molecular formula is C24H19F3N4O3. The zero-order valence-corrected chi connectivity index (χ0v) is 18.3. The SMILES string of the molecule is COC(=O)c1cc(-n2nc(C(F)F)cc2-c2nc(C3(c4ccccc4C)CC3)no2)ccc1F. The number of carbonyl (C=O) groups excluding carboxylic acids is 1. The minimum Gasteiger partial charge on any atom is -0.465 e. The average Bonchev–Trinajstić information content (AvgIpc) is 3.27. The molecule has 1 fully saturated rings. The number of hydrogen-bond donors (Lipinski definition) is 0. The summed E-state index contributed by atoms with van der Waals surface area (Å²) in [5.74, 6) is -1.28. The number of esters is 1. The summed E-state index contributed by atoms with van der Waals surface area (Å²) in [7, 11) is 1.12. The van der Waals surface area contributed by atoms with Crippen molar-refractivity contribution in [3.63, 3.8) is 0 Å². The van der Waals surface area contributed by atoms with Gasteiger partial charge in [-0.25, -0.2) is 22.6 Å². The fraction of sp³-hybridized carbons (Fsp3) is 0.250. The lowest BCUT2D eigenvalue weighted by molar-refractivity contribution is 0.0595. The molecule has 0 atom stereocenters. The molecule has 0 N–H and O–H groups in total. The highest BCUT2D eigenvalue weighted by atomic mass is 19.3. The molecule has 0 radical (unpaired) electrons. The van der Waals surface area contributed by atoms with Crippen LogP contribution in [-0.4, -0.2) is 33.0 Å². The second kappa shape index (κ2) is 8.12. The third-order valence-corrected chi connectivity index (χ3v) is 6.04. The van der Waals surface area contributed by atoms with Gasteiger partial charge in [0.05, 0.1) is 23.8 Å². The van der Waals surface area contributed by atoms with Crippen molar-refractivity contribution in [2.24, 2.45) is 0 Å². The first-order valence-corrected chi connectivity index (χ1v) is 10.5. The number of carbonyl (C=O) groups is 1. The molecule has 34 heavy (non-hydrogen) atoms. The van der Waals surface area contributed by atoms with Crippen LogP contribution in [0.2, 0.25) is 0 Å². The first-order chi connectivity index (χ1) is 16.3. The van der Waals surface area contributed by atoms with Crippen LogP contribution in [0, 0.1) is 12.7 Å². The number of methoxy groups -OCH3 is 1. The summed E-state index contributed by atoms with van der Waals surface area (Å²) in [4.78, 5) is 16.4. The van der Waals surface area contributed by atoms with Crippen LogP contribution >= 0.6 is 0 Å². The summed E-state index contributed by atoms with van der Waals surface area (Å²) in [6.07, 6.45) is -1.21. The number of nitrogens with zero attached hydrogens (tertiary/aromatic N) is 4. The van der Waals surface area contributed by atoms with Crippen molar-refractivity contribution in [1.29, 1.82) is 0 Å². The number of hydrogen-bond acceptors (Lipinski definition) is 6. The van der Waals surface area contributed by atoms with Crippen LogP contribution in [0.25, 0.3) is 17.3 Å². The Bertz CT molecular complexity index is 1390. The molecule has 4 aromatic rings. The molecule has 1 saturated carbocycles. The Balaban J connectivity index is 1.60. The third kappa shape index (κ3) is 3.55. The number of aromatic nitrogens is 4. The molecule has 174 valence electrons. The van der Waals surface area contributed by atoms with E-state index in [1.165, 1.54) is 12.1 Å². The maximum atomic E-state index is 14.1. The van der Waals surface area contributed by atoms with Crippen molar-refractivity contribution in [2.45, 2.75) is 31.6 Å². The van der Waals surface area contributed by atoms with E-state index in [4.69, 9.17) is 4.52 Å². The highest BCUT2D eigenvalue weighted by Crippen LogP contribution is 2.53. The van der Waals surface area contributed by atoms with E-state index < -0.39 is 29.3 Å². The van der Waals surface area contributed by atoms with Crippen LogP contribution in [-0.2, 0) is 10.2 Å². The van der Waals surface area contributed by atoms with Gasteiger partial charge in [0.2, 0.25) is 0 Å². The van der Waals surface area contributed by atoms with E-state index in [1.54, 1.807) is 0 Å². The monoisotopic (exact) mass is 468 g/mol. The summed E-state index contributed by atoms with van der Waals surface area (Å²) in [5.41, 5.74) is 1.16. The van der Waals surface area contributed by atoms with Gasteiger partial charge >= 0.3 is 5.97 Å². The van der Waals surface area contributed by atoms with Gasteiger partial charge in [0.25, 0.3) is 12.3 Å². The van der Waals surface area contributed by atoms with E-state index in [-0.39, 0.29) is 22.8 Å². The quantitative estimate of drug-likeness (QED) is 0.363. The maximum Gasteiger partial charge on any atom is 0.340 e. The standard InChI is InChI=1S/C24H19F3N4O3/c1-13-5-3-4-6-16(13)24(9-10-24)23-28-21(34-30-23)19-12-18(20(26)27)29-31(19)14-7-8-17(25)15(11-14)22(32)33-2/h3-8,11-12,20H,9-10H2,1-2H3. The zero-order chi connectivity index (χ0) is 24.0. The first-order valence-electron chi connectivity index (χ1n) is 10.5. The Hall–Kier alpha value is -3.95. The number of alkyl halides is 2. The number of benzene rings is 2. The summed E-state index contributed by atoms with van der Waals surface area (Å²) >= 11 is 0. The third-order valence-electron chi connectivity index (χ3n) is 6.04. The minimum absolute atomic E-state index is 0.0156. The van der Waals surface area contributed by atoms with Gasteiger partial charge in [-0.1, -0.05) is 29.4 Å². The summed E-state index contributed by atoms with van der Waals surface area (Å²) in [5, 5.41) is 8.09. The van der Waals surface area contributed by atoms with Crippen molar-refractivity contribution in [2.75, 3.05) is 7.11 Å². The normalized spacial score (nSPS) is 14.4. The maximum absolute atomic E-state index is 14.1. The molecular weight excluding hydrogens is 449 g/mol. The van der Waals surface area contributed by atoms with Gasteiger partial charge in [-0.15, -0.1) is 0 Å². The largest absolute Gasteiger partial charge is 0.465 e. The van der Waals surface area contributed by atoms with E-state index in [1.807, 2.05) is 31.2 Å². The second-order valence-electron chi connectivity index (χ2n) is 8.14. The Morgan fingerprint density at radius 2 is 1.94 bits per heavy atom. The van der Waals surface area contributed by atoms with E-state index in [0.717, 1.165) is 47.9 Å². The molecule has 0 unspecified atom stereocenters. The second-order valence-corrected chi connectivity index (χ2v) is 8.14. The highest BCUT2D eigenvalue weighted by Gasteiger charge is 2.50. The first kappa shape index (κ1) is 21.9. The van der Waals surface area contributed by atoms with Crippen molar-refractivity contribution < 1.29 is 27.2 Å².